The number of nitrogens with zero attached hydrogens (tertiary/aromatic N) is 1. The van der Waals surface area contributed by atoms with Crippen molar-refractivity contribution in [2.45, 2.75) is 6.92 Å². The van der Waals surface area contributed by atoms with Crippen molar-refractivity contribution in [3.05, 3.63) is 70.5 Å². The first-order chi connectivity index (χ1) is 11.4. The van der Waals surface area contributed by atoms with Crippen LogP contribution >= 0.6 is 0 Å². The van der Waals surface area contributed by atoms with E-state index in [9.17, 15) is 14.0 Å². The van der Waals surface area contributed by atoms with Crippen molar-refractivity contribution in [2.24, 2.45) is 7.05 Å². The van der Waals surface area contributed by atoms with Crippen LogP contribution < -0.4 is 11.1 Å². The molecule has 0 spiro atoms. The maximum absolute atomic E-state index is 12.9. The van der Waals surface area contributed by atoms with Crippen molar-refractivity contribution < 1.29 is 13.6 Å². The third-order valence-electron chi connectivity index (χ3n) is 3.71. The minimum absolute atomic E-state index is 0.325. The lowest BCUT2D eigenvalue weighted by Gasteiger charge is -2.04. The molecule has 0 fully saturated rings. The third kappa shape index (κ3) is 3.12. The van der Waals surface area contributed by atoms with Gasteiger partial charge in [0.15, 0.2) is 5.58 Å². The molecule has 0 saturated carbocycles. The number of benzene rings is 2. The molecule has 1 amide bonds. The van der Waals surface area contributed by atoms with Crippen molar-refractivity contribution in [3.63, 3.8) is 0 Å². The second kappa shape index (κ2) is 6.16. The number of nitrogens with one attached hydrogen (secondary N) is 1. The van der Waals surface area contributed by atoms with E-state index in [-0.39, 0.29) is 11.7 Å². The van der Waals surface area contributed by atoms with E-state index in [0.717, 1.165) is 5.56 Å². The summed E-state index contributed by atoms with van der Waals surface area (Å²) >= 11 is 0. The second-order valence-corrected chi connectivity index (χ2v) is 5.43. The van der Waals surface area contributed by atoms with Crippen LogP contribution in [0.25, 0.3) is 16.7 Å². The summed E-state index contributed by atoms with van der Waals surface area (Å²) in [6, 6.07) is 10.9. The molecule has 2 aromatic carbocycles. The van der Waals surface area contributed by atoms with Gasteiger partial charge in [-0.05, 0) is 42.3 Å². The molecule has 1 aromatic heterocycles. The van der Waals surface area contributed by atoms with Gasteiger partial charge in [0.25, 0.3) is 0 Å². The van der Waals surface area contributed by atoms with Crippen LogP contribution in [0.3, 0.4) is 0 Å². The van der Waals surface area contributed by atoms with Gasteiger partial charge < -0.3 is 9.73 Å². The van der Waals surface area contributed by atoms with E-state index >= 15 is 0 Å². The molecule has 0 bridgehead atoms. The summed E-state index contributed by atoms with van der Waals surface area (Å²) < 4.78 is 19.4. The Kier molecular flexibility index (Phi) is 4.04. The fraction of sp³-hybridized carbons (Fsp3) is 0.111. The maximum Gasteiger partial charge on any atom is 0.419 e. The average molecular weight is 326 g/mol. The Balaban J connectivity index is 1.80. The Hall–Kier alpha value is -3.15. The number of aryl methyl sites for hydroxylation is 1. The molecule has 0 atom stereocenters. The minimum Gasteiger partial charge on any atom is -0.408 e. The number of oxazole rings is 1. The average Bonchev–Trinajstić information content (AvgIpc) is 2.82. The highest BCUT2D eigenvalue weighted by Gasteiger charge is 2.08. The maximum atomic E-state index is 12.9. The second-order valence-electron chi connectivity index (χ2n) is 5.43. The molecule has 1 N–H and O–H groups in total. The van der Waals surface area contributed by atoms with Crippen LogP contribution in [-0.2, 0) is 11.8 Å². The molecule has 0 aliphatic rings. The molecule has 1 heterocycles. The minimum atomic E-state index is -0.458. The van der Waals surface area contributed by atoms with E-state index in [1.54, 1.807) is 44.3 Å². The van der Waals surface area contributed by atoms with E-state index in [2.05, 4.69) is 5.32 Å². The molecule has 3 aromatic rings. The van der Waals surface area contributed by atoms with Gasteiger partial charge in [0, 0.05) is 24.9 Å². The molecule has 0 saturated heterocycles. The molecule has 6 heteroatoms. The van der Waals surface area contributed by atoms with Gasteiger partial charge in [-0.2, -0.15) is 0 Å². The molecule has 122 valence electrons. The zero-order chi connectivity index (χ0) is 17.3. The first kappa shape index (κ1) is 15.7. The molecule has 3 rings (SSSR count). The number of carbonyl (C=O) groups is 1. The number of rotatable bonds is 3. The number of aromatic nitrogens is 1. The van der Waals surface area contributed by atoms with Crippen molar-refractivity contribution in [2.75, 3.05) is 5.32 Å². The predicted octanol–water partition coefficient (Wildman–Crippen LogP) is 3.31. The van der Waals surface area contributed by atoms with Gasteiger partial charge in [-0.15, -0.1) is 0 Å². The summed E-state index contributed by atoms with van der Waals surface area (Å²) in [4.78, 5) is 23.6. The highest BCUT2D eigenvalue weighted by Crippen LogP contribution is 2.19. The number of carbonyl (C=O) groups excluding carboxylic acids is 1. The topological polar surface area (TPSA) is 64.2 Å². The molecular weight excluding hydrogens is 311 g/mol. The number of hydrogen-bond acceptors (Lipinski definition) is 3. The Labute approximate surface area is 137 Å². The monoisotopic (exact) mass is 326 g/mol. The van der Waals surface area contributed by atoms with E-state index in [4.69, 9.17) is 4.42 Å². The number of halogens is 1. The van der Waals surface area contributed by atoms with Gasteiger partial charge in [-0.3, -0.25) is 9.36 Å². The standard InChI is InChI=1S/C18H15FN2O3/c1-11(12-3-5-13(19)6-4-12)9-17(22)20-14-7-8-15-16(10-14)24-18(23)21(15)2/h3-10H,1-2H3,(H,20,22)/b11-9-. The number of hydrogen-bond donors (Lipinski definition) is 1. The van der Waals surface area contributed by atoms with Crippen LogP contribution in [0, 0.1) is 5.82 Å². The molecule has 0 radical (unpaired) electrons. The molecule has 0 unspecified atom stereocenters. The van der Waals surface area contributed by atoms with Crippen LogP contribution in [0.5, 0.6) is 0 Å². The first-order valence-electron chi connectivity index (χ1n) is 7.29. The van der Waals surface area contributed by atoms with E-state index in [0.29, 0.717) is 22.4 Å². The highest BCUT2D eigenvalue weighted by atomic mass is 19.1. The van der Waals surface area contributed by atoms with Gasteiger partial charge >= 0.3 is 5.76 Å². The molecule has 0 aliphatic heterocycles. The lowest BCUT2D eigenvalue weighted by molar-refractivity contribution is -0.111. The third-order valence-corrected chi connectivity index (χ3v) is 3.71. The van der Waals surface area contributed by atoms with Crippen LogP contribution in [0.2, 0.25) is 0 Å². The Morgan fingerprint density at radius 3 is 2.62 bits per heavy atom. The Morgan fingerprint density at radius 1 is 1.21 bits per heavy atom. The fourth-order valence-electron chi connectivity index (χ4n) is 2.38. The summed E-state index contributed by atoms with van der Waals surface area (Å²) in [5, 5.41) is 2.71. The van der Waals surface area contributed by atoms with Gasteiger partial charge in [-0.25, -0.2) is 9.18 Å². The normalized spacial score (nSPS) is 11.7. The smallest absolute Gasteiger partial charge is 0.408 e. The summed E-state index contributed by atoms with van der Waals surface area (Å²) in [7, 11) is 1.61. The Bertz CT molecular complexity index is 997. The van der Waals surface area contributed by atoms with E-state index in [1.165, 1.54) is 22.8 Å². The molecule has 0 aliphatic carbocycles. The molecular formula is C18H15FN2O3. The largest absolute Gasteiger partial charge is 0.419 e. The number of amides is 1. The van der Waals surface area contributed by atoms with Crippen molar-refractivity contribution >= 4 is 28.3 Å². The van der Waals surface area contributed by atoms with Gasteiger partial charge in [0.2, 0.25) is 5.91 Å². The predicted molar refractivity (Wildman–Crippen MR) is 90.1 cm³/mol. The van der Waals surface area contributed by atoms with Crippen molar-refractivity contribution in [1.29, 1.82) is 0 Å². The fourth-order valence-corrected chi connectivity index (χ4v) is 2.38. The van der Waals surface area contributed by atoms with Crippen molar-refractivity contribution in [3.8, 4) is 0 Å². The zero-order valence-corrected chi connectivity index (χ0v) is 13.2. The van der Waals surface area contributed by atoms with Crippen molar-refractivity contribution in [1.82, 2.24) is 4.57 Å². The summed E-state index contributed by atoms with van der Waals surface area (Å²) in [6.07, 6.45) is 1.43. The molecule has 5 nitrogen and oxygen atoms in total. The van der Waals surface area contributed by atoms with E-state index < -0.39 is 5.76 Å². The van der Waals surface area contributed by atoms with Crippen LogP contribution in [-0.4, -0.2) is 10.5 Å². The number of allylic oxidation sites excluding steroid dienone is 1. The summed E-state index contributed by atoms with van der Waals surface area (Å²) in [5.74, 6) is -1.11. The van der Waals surface area contributed by atoms with Crippen LogP contribution in [0.15, 0.2) is 57.8 Å². The molecule has 24 heavy (non-hydrogen) atoms. The highest BCUT2D eigenvalue weighted by molar-refractivity contribution is 6.04. The zero-order valence-electron chi connectivity index (χ0n) is 13.2. The summed E-state index contributed by atoms with van der Waals surface area (Å²) in [5.41, 5.74) is 3.04. The Morgan fingerprint density at radius 2 is 1.92 bits per heavy atom. The lowest BCUT2D eigenvalue weighted by Crippen LogP contribution is -2.09. The summed E-state index contributed by atoms with van der Waals surface area (Å²) in [6.45, 7) is 1.77. The lowest BCUT2D eigenvalue weighted by atomic mass is 10.1. The number of fused-ring (bicyclic) bond motifs is 1. The number of anilines is 1. The van der Waals surface area contributed by atoms with Crippen LogP contribution in [0.1, 0.15) is 12.5 Å². The van der Waals surface area contributed by atoms with Gasteiger partial charge in [0.1, 0.15) is 5.82 Å². The quantitative estimate of drug-likeness (QED) is 0.751. The van der Waals surface area contributed by atoms with Gasteiger partial charge in [0.05, 0.1) is 5.52 Å². The van der Waals surface area contributed by atoms with E-state index in [1.807, 2.05) is 0 Å². The first-order valence-corrected chi connectivity index (χ1v) is 7.29. The SMILES string of the molecule is C/C(=C/C(=O)Nc1ccc2c(c1)oc(=O)n2C)c1ccc(F)cc1. The van der Waals surface area contributed by atoms with Gasteiger partial charge in [-0.1, -0.05) is 12.1 Å². The van der Waals surface area contributed by atoms with Crippen LogP contribution in [0.4, 0.5) is 10.1 Å².